The van der Waals surface area contributed by atoms with Crippen LogP contribution in [0.1, 0.15) is 5.69 Å². The van der Waals surface area contributed by atoms with Crippen LogP contribution in [0.3, 0.4) is 0 Å². The molecule has 7 nitrogen and oxygen atoms in total. The molecule has 0 aliphatic rings. The topological polar surface area (TPSA) is 102 Å². The van der Waals surface area contributed by atoms with Crippen LogP contribution in [0, 0.1) is 0 Å². The third kappa shape index (κ3) is 6.43. The van der Waals surface area contributed by atoms with Crippen LogP contribution in [-0.4, -0.2) is 47.5 Å². The van der Waals surface area contributed by atoms with E-state index in [0.717, 1.165) is 11.3 Å². The third-order valence-electron chi connectivity index (χ3n) is 2.85. The highest BCUT2D eigenvalue weighted by Crippen LogP contribution is 2.20. The summed E-state index contributed by atoms with van der Waals surface area (Å²) in [4.78, 5) is 26.2. The molecule has 8 heteroatoms. The monoisotopic (exact) mass is 350 g/mol. The number of nitrogens with zero attached hydrogens (tertiary/aromatic N) is 1. The van der Waals surface area contributed by atoms with E-state index in [4.69, 9.17) is 14.3 Å². The molecule has 0 atom stereocenters. The standard InChI is InChI=1S/C16H18N2O5S/c19-14(17-6-7-22-9-15(20)21)11-24-10-13-8-23-16(18-13)12-4-2-1-3-5-12/h1-5,8H,6-7,9-11H2,(H,17,19)(H,20,21). The number of carbonyl (C=O) groups excluding carboxylic acids is 1. The Morgan fingerprint density at radius 2 is 2.08 bits per heavy atom. The Balaban J connectivity index is 1.63. The molecule has 2 rings (SSSR count). The number of carboxylic acids is 1. The van der Waals surface area contributed by atoms with Crippen molar-refractivity contribution >= 4 is 23.6 Å². The highest BCUT2D eigenvalue weighted by atomic mass is 32.2. The second-order valence-electron chi connectivity index (χ2n) is 4.80. The zero-order chi connectivity index (χ0) is 17.2. The molecule has 128 valence electrons. The Hall–Kier alpha value is -2.32. The van der Waals surface area contributed by atoms with Gasteiger partial charge in [-0.25, -0.2) is 9.78 Å². The maximum absolute atomic E-state index is 11.6. The van der Waals surface area contributed by atoms with Gasteiger partial charge in [-0.3, -0.25) is 4.79 Å². The number of oxazole rings is 1. The number of aromatic nitrogens is 1. The van der Waals surface area contributed by atoms with E-state index >= 15 is 0 Å². The zero-order valence-corrected chi connectivity index (χ0v) is 13.8. The van der Waals surface area contributed by atoms with E-state index in [9.17, 15) is 9.59 Å². The van der Waals surface area contributed by atoms with Crippen molar-refractivity contribution in [2.24, 2.45) is 0 Å². The van der Waals surface area contributed by atoms with E-state index in [-0.39, 0.29) is 31.4 Å². The summed E-state index contributed by atoms with van der Waals surface area (Å²) in [5.74, 6) is 0.252. The van der Waals surface area contributed by atoms with Crippen LogP contribution in [0.5, 0.6) is 0 Å². The van der Waals surface area contributed by atoms with Crippen molar-refractivity contribution in [3.63, 3.8) is 0 Å². The van der Waals surface area contributed by atoms with Crippen molar-refractivity contribution in [2.75, 3.05) is 25.5 Å². The van der Waals surface area contributed by atoms with Crippen LogP contribution in [0.15, 0.2) is 41.0 Å². The summed E-state index contributed by atoms with van der Waals surface area (Å²) < 4.78 is 10.3. The Morgan fingerprint density at radius 3 is 2.83 bits per heavy atom. The van der Waals surface area contributed by atoms with Crippen molar-refractivity contribution in [3.05, 3.63) is 42.3 Å². The first-order chi connectivity index (χ1) is 11.6. The molecule has 0 saturated carbocycles. The van der Waals surface area contributed by atoms with Gasteiger partial charge < -0.3 is 19.6 Å². The molecule has 2 N–H and O–H groups in total. The average molecular weight is 350 g/mol. The Morgan fingerprint density at radius 1 is 1.29 bits per heavy atom. The summed E-state index contributed by atoms with van der Waals surface area (Å²) in [5.41, 5.74) is 1.68. The van der Waals surface area contributed by atoms with Crippen molar-refractivity contribution in [2.45, 2.75) is 5.75 Å². The maximum atomic E-state index is 11.6. The van der Waals surface area contributed by atoms with Gasteiger partial charge in [-0.05, 0) is 12.1 Å². The molecule has 0 aliphatic heterocycles. The number of thioether (sulfide) groups is 1. The van der Waals surface area contributed by atoms with Gasteiger partial charge >= 0.3 is 5.97 Å². The van der Waals surface area contributed by atoms with Crippen molar-refractivity contribution in [1.29, 1.82) is 0 Å². The first kappa shape index (κ1) is 18.0. The summed E-state index contributed by atoms with van der Waals surface area (Å²) in [6.07, 6.45) is 1.59. The van der Waals surface area contributed by atoms with Gasteiger partial charge in [-0.1, -0.05) is 18.2 Å². The Labute approximate surface area is 143 Å². The summed E-state index contributed by atoms with van der Waals surface area (Å²) >= 11 is 1.42. The van der Waals surface area contributed by atoms with Crippen LogP contribution in [0.25, 0.3) is 11.5 Å². The van der Waals surface area contributed by atoms with Crippen LogP contribution < -0.4 is 5.32 Å². The fourth-order valence-electron chi connectivity index (χ4n) is 1.81. The van der Waals surface area contributed by atoms with Gasteiger partial charge in [0.2, 0.25) is 11.8 Å². The highest BCUT2D eigenvalue weighted by molar-refractivity contribution is 7.99. The predicted molar refractivity (Wildman–Crippen MR) is 89.6 cm³/mol. The second-order valence-corrected chi connectivity index (χ2v) is 5.78. The Kier molecular flexibility index (Phi) is 7.31. The molecule has 24 heavy (non-hydrogen) atoms. The van der Waals surface area contributed by atoms with Crippen molar-refractivity contribution in [1.82, 2.24) is 10.3 Å². The van der Waals surface area contributed by atoms with E-state index in [2.05, 4.69) is 10.3 Å². The number of ether oxygens (including phenoxy) is 1. The van der Waals surface area contributed by atoms with Gasteiger partial charge in [0.1, 0.15) is 12.9 Å². The van der Waals surface area contributed by atoms with Gasteiger partial charge in [0.15, 0.2) is 0 Å². The number of aliphatic carboxylic acids is 1. The lowest BCUT2D eigenvalue weighted by Gasteiger charge is -2.04. The smallest absolute Gasteiger partial charge is 0.329 e. The molecule has 2 aromatic rings. The fourth-order valence-corrected chi connectivity index (χ4v) is 2.54. The molecule has 0 fully saturated rings. The summed E-state index contributed by atoms with van der Waals surface area (Å²) in [7, 11) is 0. The average Bonchev–Trinajstić information content (AvgIpc) is 3.04. The van der Waals surface area contributed by atoms with Gasteiger partial charge in [0.05, 0.1) is 18.1 Å². The lowest BCUT2D eigenvalue weighted by molar-refractivity contribution is -0.142. The molecule has 0 saturated heterocycles. The van der Waals surface area contributed by atoms with Crippen LogP contribution in [-0.2, 0) is 20.1 Å². The molecular formula is C16H18N2O5S. The molecule has 0 radical (unpaired) electrons. The minimum atomic E-state index is -1.03. The summed E-state index contributed by atoms with van der Waals surface area (Å²) in [6.45, 7) is 0.0990. The number of amides is 1. The third-order valence-corrected chi connectivity index (χ3v) is 3.82. The van der Waals surface area contributed by atoms with Crippen molar-refractivity contribution < 1.29 is 23.8 Å². The van der Waals surface area contributed by atoms with E-state index in [1.165, 1.54) is 11.8 Å². The number of carboxylic acid groups (broad SMARTS) is 1. The molecule has 0 unspecified atom stereocenters. The molecule has 1 heterocycles. The first-order valence-electron chi connectivity index (χ1n) is 7.29. The summed E-state index contributed by atoms with van der Waals surface area (Å²) in [5, 5.41) is 11.0. The number of hydrogen-bond donors (Lipinski definition) is 2. The molecule has 0 bridgehead atoms. The number of rotatable bonds is 10. The molecule has 1 amide bonds. The zero-order valence-electron chi connectivity index (χ0n) is 12.9. The van der Waals surface area contributed by atoms with Gasteiger partial charge in [0.25, 0.3) is 0 Å². The fraction of sp³-hybridized carbons (Fsp3) is 0.312. The minimum Gasteiger partial charge on any atom is -0.480 e. The van der Waals surface area contributed by atoms with Gasteiger partial charge in [-0.2, -0.15) is 0 Å². The van der Waals surface area contributed by atoms with E-state index in [1.54, 1.807) is 6.26 Å². The predicted octanol–water partition coefficient (Wildman–Crippen LogP) is 1.79. The van der Waals surface area contributed by atoms with Gasteiger partial charge in [0, 0.05) is 17.9 Å². The van der Waals surface area contributed by atoms with Crippen LogP contribution in [0.4, 0.5) is 0 Å². The highest BCUT2D eigenvalue weighted by Gasteiger charge is 2.07. The molecular weight excluding hydrogens is 332 g/mol. The summed E-state index contributed by atoms with van der Waals surface area (Å²) in [6, 6.07) is 9.59. The second kappa shape index (κ2) is 9.74. The van der Waals surface area contributed by atoms with E-state index in [1.807, 2.05) is 30.3 Å². The maximum Gasteiger partial charge on any atom is 0.329 e. The van der Waals surface area contributed by atoms with Gasteiger partial charge in [-0.15, -0.1) is 11.8 Å². The number of hydrogen-bond acceptors (Lipinski definition) is 6. The quantitative estimate of drug-likeness (QED) is 0.630. The number of nitrogens with one attached hydrogen (secondary N) is 1. The van der Waals surface area contributed by atoms with E-state index < -0.39 is 5.97 Å². The molecule has 1 aromatic carbocycles. The molecule has 0 aliphatic carbocycles. The SMILES string of the molecule is O=C(O)COCCNC(=O)CSCc1coc(-c2ccccc2)n1. The first-order valence-corrected chi connectivity index (χ1v) is 8.44. The largest absolute Gasteiger partial charge is 0.480 e. The lowest BCUT2D eigenvalue weighted by atomic mass is 10.2. The molecule has 1 aromatic heterocycles. The number of benzene rings is 1. The molecule has 0 spiro atoms. The van der Waals surface area contributed by atoms with Crippen LogP contribution >= 0.6 is 11.8 Å². The van der Waals surface area contributed by atoms with E-state index in [0.29, 0.717) is 11.6 Å². The Bertz CT molecular complexity index is 659. The van der Waals surface area contributed by atoms with Crippen molar-refractivity contribution in [3.8, 4) is 11.5 Å². The van der Waals surface area contributed by atoms with Crippen LogP contribution in [0.2, 0.25) is 0 Å². The minimum absolute atomic E-state index is 0.134. The number of carbonyl (C=O) groups is 2. The normalized spacial score (nSPS) is 10.5. The lowest BCUT2D eigenvalue weighted by Crippen LogP contribution is -2.29.